The lowest BCUT2D eigenvalue weighted by atomic mass is 9.90. The van der Waals surface area contributed by atoms with E-state index in [9.17, 15) is 0 Å². The SMILES string of the molecule is Clc1cnc(N2CCC([C@H]3C[C@H]3CCOC3CCCCC3)CC2)nc1. The molecule has 2 saturated carbocycles. The maximum Gasteiger partial charge on any atom is 0.225 e. The van der Waals surface area contributed by atoms with Gasteiger partial charge >= 0.3 is 0 Å². The zero-order chi connectivity index (χ0) is 17.1. The molecule has 0 N–H and O–H groups in total. The fourth-order valence-corrected chi connectivity index (χ4v) is 4.89. The van der Waals surface area contributed by atoms with Crippen molar-refractivity contribution in [2.45, 2.75) is 63.9 Å². The standard InChI is InChI=1S/C20H30ClN3O/c21-17-13-22-20(23-14-17)24-9-6-15(7-10-24)19-12-16(19)8-11-25-18-4-2-1-3-5-18/h13-16,18-19H,1-12H2/t16-,19-/m1/s1. The smallest absolute Gasteiger partial charge is 0.225 e. The van der Waals surface area contributed by atoms with Gasteiger partial charge in [-0.05, 0) is 56.3 Å². The Hall–Kier alpha value is -0.870. The molecule has 0 amide bonds. The first kappa shape index (κ1) is 17.5. The number of hydrogen-bond donors (Lipinski definition) is 0. The van der Waals surface area contributed by atoms with Crippen molar-refractivity contribution in [1.82, 2.24) is 9.97 Å². The molecule has 1 aromatic rings. The van der Waals surface area contributed by atoms with Crippen LogP contribution in [0.15, 0.2) is 12.4 Å². The first-order chi connectivity index (χ1) is 12.3. The second kappa shape index (κ2) is 8.22. The maximum absolute atomic E-state index is 6.12. The van der Waals surface area contributed by atoms with Crippen LogP contribution in [-0.2, 0) is 4.74 Å². The summed E-state index contributed by atoms with van der Waals surface area (Å²) in [6.45, 7) is 3.14. The molecule has 0 bridgehead atoms. The number of aromatic nitrogens is 2. The van der Waals surface area contributed by atoms with Gasteiger partial charge in [-0.15, -0.1) is 0 Å². The summed E-state index contributed by atoms with van der Waals surface area (Å²) < 4.78 is 6.12. The van der Waals surface area contributed by atoms with Crippen LogP contribution in [-0.4, -0.2) is 35.8 Å². The Morgan fingerprint density at radius 2 is 1.76 bits per heavy atom. The largest absolute Gasteiger partial charge is 0.378 e. The van der Waals surface area contributed by atoms with Crippen molar-refractivity contribution < 1.29 is 4.74 Å². The van der Waals surface area contributed by atoms with Crippen LogP contribution < -0.4 is 4.90 Å². The lowest BCUT2D eigenvalue weighted by Crippen LogP contribution is -2.35. The highest BCUT2D eigenvalue weighted by molar-refractivity contribution is 6.30. The molecule has 2 heterocycles. The predicted molar refractivity (Wildman–Crippen MR) is 101 cm³/mol. The van der Waals surface area contributed by atoms with Crippen LogP contribution in [0, 0.1) is 17.8 Å². The third kappa shape index (κ3) is 4.65. The van der Waals surface area contributed by atoms with Gasteiger partial charge in [-0.3, -0.25) is 0 Å². The van der Waals surface area contributed by atoms with E-state index in [2.05, 4.69) is 14.9 Å². The van der Waals surface area contributed by atoms with Gasteiger partial charge in [0, 0.05) is 19.7 Å². The third-order valence-corrected chi connectivity index (χ3v) is 6.60. The van der Waals surface area contributed by atoms with Gasteiger partial charge in [-0.25, -0.2) is 9.97 Å². The summed E-state index contributed by atoms with van der Waals surface area (Å²) in [6.07, 6.45) is 15.9. The van der Waals surface area contributed by atoms with E-state index in [-0.39, 0.29) is 0 Å². The number of nitrogens with zero attached hydrogens (tertiary/aromatic N) is 3. The fraction of sp³-hybridized carbons (Fsp3) is 0.800. The Balaban J connectivity index is 1.15. The maximum atomic E-state index is 6.12. The Bertz CT molecular complexity index is 538. The first-order valence-corrected chi connectivity index (χ1v) is 10.5. The van der Waals surface area contributed by atoms with E-state index >= 15 is 0 Å². The number of rotatable bonds is 6. The van der Waals surface area contributed by atoms with Crippen LogP contribution in [0.3, 0.4) is 0 Å². The van der Waals surface area contributed by atoms with Gasteiger partial charge in [0.2, 0.25) is 5.95 Å². The fourth-order valence-electron chi connectivity index (χ4n) is 4.79. The van der Waals surface area contributed by atoms with Crippen molar-refractivity contribution in [3.05, 3.63) is 17.4 Å². The summed E-state index contributed by atoms with van der Waals surface area (Å²) in [5, 5.41) is 0.606. The van der Waals surface area contributed by atoms with Crippen molar-refractivity contribution in [1.29, 1.82) is 0 Å². The Labute approximate surface area is 156 Å². The van der Waals surface area contributed by atoms with Crippen LogP contribution in [0.4, 0.5) is 5.95 Å². The van der Waals surface area contributed by atoms with Crippen molar-refractivity contribution in [3.8, 4) is 0 Å². The molecule has 5 heteroatoms. The number of halogens is 1. The van der Waals surface area contributed by atoms with E-state index in [1.807, 2.05) is 0 Å². The van der Waals surface area contributed by atoms with E-state index in [0.717, 1.165) is 43.4 Å². The van der Waals surface area contributed by atoms with E-state index < -0.39 is 0 Å². The van der Waals surface area contributed by atoms with Crippen LogP contribution in [0.2, 0.25) is 5.02 Å². The number of piperidine rings is 1. The summed E-state index contributed by atoms with van der Waals surface area (Å²) >= 11 is 5.88. The van der Waals surface area contributed by atoms with E-state index in [1.165, 1.54) is 57.8 Å². The summed E-state index contributed by atoms with van der Waals surface area (Å²) in [7, 11) is 0. The summed E-state index contributed by atoms with van der Waals surface area (Å²) in [6, 6.07) is 0. The molecular formula is C20H30ClN3O. The molecular weight excluding hydrogens is 334 g/mol. The minimum Gasteiger partial charge on any atom is -0.378 e. The zero-order valence-corrected chi connectivity index (χ0v) is 15.8. The van der Waals surface area contributed by atoms with E-state index in [0.29, 0.717) is 11.1 Å². The quantitative estimate of drug-likeness (QED) is 0.732. The molecule has 4 nitrogen and oxygen atoms in total. The lowest BCUT2D eigenvalue weighted by molar-refractivity contribution is 0.0243. The van der Waals surface area contributed by atoms with E-state index in [1.54, 1.807) is 12.4 Å². The molecule has 0 radical (unpaired) electrons. The molecule has 3 aliphatic rings. The van der Waals surface area contributed by atoms with Crippen molar-refractivity contribution in [3.63, 3.8) is 0 Å². The van der Waals surface area contributed by atoms with Gasteiger partial charge in [0.05, 0.1) is 23.5 Å². The minimum atomic E-state index is 0.563. The van der Waals surface area contributed by atoms with Gasteiger partial charge in [-0.1, -0.05) is 30.9 Å². The van der Waals surface area contributed by atoms with Crippen LogP contribution >= 0.6 is 11.6 Å². The normalized spacial score (nSPS) is 28.3. The summed E-state index contributed by atoms with van der Waals surface area (Å²) in [5.74, 6) is 3.59. The van der Waals surface area contributed by atoms with Crippen molar-refractivity contribution in [2.75, 3.05) is 24.6 Å². The average Bonchev–Trinajstić information content (AvgIpc) is 3.43. The zero-order valence-electron chi connectivity index (χ0n) is 15.1. The molecule has 1 saturated heterocycles. The highest BCUT2D eigenvalue weighted by atomic mass is 35.5. The highest BCUT2D eigenvalue weighted by Gasteiger charge is 2.43. The molecule has 3 fully saturated rings. The van der Waals surface area contributed by atoms with Crippen LogP contribution in [0.1, 0.15) is 57.8 Å². The van der Waals surface area contributed by atoms with Crippen molar-refractivity contribution >= 4 is 17.5 Å². The third-order valence-electron chi connectivity index (χ3n) is 6.41. The van der Waals surface area contributed by atoms with Crippen molar-refractivity contribution in [2.24, 2.45) is 17.8 Å². The van der Waals surface area contributed by atoms with Gasteiger partial charge in [0.15, 0.2) is 0 Å². The molecule has 1 aliphatic heterocycles. The van der Waals surface area contributed by atoms with Crippen LogP contribution in [0.25, 0.3) is 0 Å². The van der Waals surface area contributed by atoms with Gasteiger partial charge < -0.3 is 9.64 Å². The van der Waals surface area contributed by atoms with Crippen LogP contribution in [0.5, 0.6) is 0 Å². The molecule has 0 aromatic carbocycles. The summed E-state index contributed by atoms with van der Waals surface area (Å²) in [5.41, 5.74) is 0. The Morgan fingerprint density at radius 1 is 1.04 bits per heavy atom. The van der Waals surface area contributed by atoms with Gasteiger partial charge in [-0.2, -0.15) is 0 Å². The molecule has 25 heavy (non-hydrogen) atoms. The molecule has 0 spiro atoms. The molecule has 2 aliphatic carbocycles. The van der Waals surface area contributed by atoms with Gasteiger partial charge in [0.25, 0.3) is 0 Å². The van der Waals surface area contributed by atoms with Gasteiger partial charge in [0.1, 0.15) is 0 Å². The first-order valence-electron chi connectivity index (χ1n) is 10.1. The lowest BCUT2D eigenvalue weighted by Gasteiger charge is -2.32. The predicted octanol–water partition coefficient (Wildman–Crippen LogP) is 4.72. The molecule has 138 valence electrons. The average molecular weight is 364 g/mol. The molecule has 0 unspecified atom stereocenters. The van der Waals surface area contributed by atoms with E-state index in [4.69, 9.17) is 16.3 Å². The minimum absolute atomic E-state index is 0.563. The number of hydrogen-bond acceptors (Lipinski definition) is 4. The second-order valence-corrected chi connectivity index (χ2v) is 8.54. The Kier molecular flexibility index (Phi) is 5.76. The monoisotopic (exact) mass is 363 g/mol. The molecule has 4 rings (SSSR count). The molecule has 2 atom stereocenters. The number of anilines is 1. The molecule has 1 aromatic heterocycles. The highest BCUT2D eigenvalue weighted by Crippen LogP contribution is 2.50. The number of ether oxygens (including phenoxy) is 1. The summed E-state index contributed by atoms with van der Waals surface area (Å²) in [4.78, 5) is 11.0. The Morgan fingerprint density at radius 3 is 2.48 bits per heavy atom. The second-order valence-electron chi connectivity index (χ2n) is 8.10. The topological polar surface area (TPSA) is 38.2 Å².